The van der Waals surface area contributed by atoms with E-state index < -0.39 is 0 Å². The quantitative estimate of drug-likeness (QED) is 0.918. The fraction of sp³-hybridized carbons (Fsp3) is 0.706. The predicted octanol–water partition coefficient (Wildman–Crippen LogP) is 2.74. The Labute approximate surface area is 122 Å². The van der Waals surface area contributed by atoms with E-state index in [0.717, 1.165) is 25.6 Å². The normalized spacial score (nSPS) is 30.4. The molecule has 110 valence electrons. The van der Waals surface area contributed by atoms with Crippen LogP contribution in [-0.4, -0.2) is 34.1 Å². The molecule has 1 aliphatic heterocycles. The van der Waals surface area contributed by atoms with E-state index in [4.69, 9.17) is 0 Å². The Morgan fingerprint density at radius 3 is 2.70 bits per heavy atom. The zero-order valence-electron chi connectivity index (χ0n) is 13.2. The zero-order chi connectivity index (χ0) is 14.4. The first-order valence-corrected chi connectivity index (χ1v) is 7.80. The molecule has 3 heteroatoms. The van der Waals surface area contributed by atoms with Gasteiger partial charge in [0, 0.05) is 43.1 Å². The summed E-state index contributed by atoms with van der Waals surface area (Å²) >= 11 is 0. The first kappa shape index (κ1) is 14.0. The average molecular weight is 273 g/mol. The third-order valence-electron chi connectivity index (χ3n) is 5.08. The van der Waals surface area contributed by atoms with Crippen molar-refractivity contribution in [2.45, 2.75) is 58.2 Å². The highest BCUT2D eigenvalue weighted by molar-refractivity contribution is 5.18. The van der Waals surface area contributed by atoms with Crippen molar-refractivity contribution in [3.05, 3.63) is 29.6 Å². The maximum atomic E-state index is 4.34. The van der Waals surface area contributed by atoms with Gasteiger partial charge in [0.25, 0.3) is 0 Å². The monoisotopic (exact) mass is 273 g/mol. The second-order valence-corrected chi connectivity index (χ2v) is 7.58. The minimum Gasteiger partial charge on any atom is -0.308 e. The number of nitrogens with zero attached hydrogens (tertiary/aromatic N) is 2. The largest absolute Gasteiger partial charge is 0.308 e. The summed E-state index contributed by atoms with van der Waals surface area (Å²) in [5, 5.41) is 3.82. The Hall–Kier alpha value is -0.930. The fourth-order valence-corrected chi connectivity index (χ4v) is 3.38. The molecule has 1 aliphatic carbocycles. The Bertz CT molecular complexity index is 493. The molecule has 1 saturated heterocycles. The number of rotatable bonds is 3. The van der Waals surface area contributed by atoms with Gasteiger partial charge in [-0.15, -0.1) is 0 Å². The van der Waals surface area contributed by atoms with Gasteiger partial charge in [0.05, 0.1) is 0 Å². The number of hydrogen-bond acceptors (Lipinski definition) is 3. The van der Waals surface area contributed by atoms with E-state index in [1.165, 1.54) is 24.0 Å². The molecule has 1 atom stereocenters. The van der Waals surface area contributed by atoms with Gasteiger partial charge in [-0.05, 0) is 57.6 Å². The maximum Gasteiger partial charge on any atom is 0.0313 e. The predicted molar refractivity (Wildman–Crippen MR) is 82.6 cm³/mol. The Kier molecular flexibility index (Phi) is 3.38. The van der Waals surface area contributed by atoms with Gasteiger partial charge in [0.1, 0.15) is 0 Å². The second-order valence-electron chi connectivity index (χ2n) is 7.58. The summed E-state index contributed by atoms with van der Waals surface area (Å²) in [6, 6.07) is 2.26. The Morgan fingerprint density at radius 2 is 2.05 bits per heavy atom. The number of aromatic nitrogens is 1. The summed E-state index contributed by atoms with van der Waals surface area (Å²) in [5.74, 6) is 0.872. The van der Waals surface area contributed by atoms with Crippen LogP contribution in [0.15, 0.2) is 18.5 Å². The lowest BCUT2D eigenvalue weighted by Gasteiger charge is -2.51. The van der Waals surface area contributed by atoms with Crippen LogP contribution in [0.5, 0.6) is 0 Å². The molecule has 0 spiro atoms. The molecular weight excluding hydrogens is 246 g/mol. The summed E-state index contributed by atoms with van der Waals surface area (Å²) in [7, 11) is 0. The zero-order valence-corrected chi connectivity index (χ0v) is 13.2. The summed E-state index contributed by atoms with van der Waals surface area (Å²) in [4.78, 5) is 6.98. The van der Waals surface area contributed by atoms with Crippen molar-refractivity contribution in [1.82, 2.24) is 15.2 Å². The van der Waals surface area contributed by atoms with Crippen LogP contribution in [0.4, 0.5) is 0 Å². The van der Waals surface area contributed by atoms with Crippen LogP contribution in [0.2, 0.25) is 0 Å². The molecule has 0 radical (unpaired) electrons. The van der Waals surface area contributed by atoms with Gasteiger partial charge in [-0.2, -0.15) is 0 Å². The van der Waals surface area contributed by atoms with Gasteiger partial charge in [0.15, 0.2) is 0 Å². The molecule has 3 nitrogen and oxygen atoms in total. The highest BCUT2D eigenvalue weighted by Crippen LogP contribution is 2.42. The van der Waals surface area contributed by atoms with Gasteiger partial charge in [0.2, 0.25) is 0 Å². The van der Waals surface area contributed by atoms with E-state index in [1.54, 1.807) is 0 Å². The SMILES string of the molecule is Cc1cncc(CN2CC(C)(C3CC3)NCC2(C)C)c1. The molecule has 2 fully saturated rings. The van der Waals surface area contributed by atoms with E-state index >= 15 is 0 Å². The van der Waals surface area contributed by atoms with Crippen molar-refractivity contribution in [1.29, 1.82) is 0 Å². The molecule has 0 bridgehead atoms. The first-order chi connectivity index (χ1) is 9.39. The van der Waals surface area contributed by atoms with Crippen LogP contribution < -0.4 is 5.32 Å². The van der Waals surface area contributed by atoms with Crippen molar-refractivity contribution in [2.75, 3.05) is 13.1 Å². The van der Waals surface area contributed by atoms with Gasteiger partial charge >= 0.3 is 0 Å². The van der Waals surface area contributed by atoms with Gasteiger partial charge in [-0.1, -0.05) is 6.07 Å². The molecule has 2 aliphatic rings. The highest BCUT2D eigenvalue weighted by atomic mass is 15.3. The molecule has 1 aromatic heterocycles. The number of piperazine rings is 1. The molecule has 2 heterocycles. The molecule has 0 amide bonds. The van der Waals surface area contributed by atoms with Crippen LogP contribution in [-0.2, 0) is 6.54 Å². The first-order valence-electron chi connectivity index (χ1n) is 7.80. The topological polar surface area (TPSA) is 28.2 Å². The Balaban J connectivity index is 1.77. The summed E-state index contributed by atoms with van der Waals surface area (Å²) in [5.41, 5.74) is 3.09. The van der Waals surface area contributed by atoms with Crippen molar-refractivity contribution in [3.63, 3.8) is 0 Å². The summed E-state index contributed by atoms with van der Waals surface area (Å²) in [6.07, 6.45) is 6.73. The average Bonchev–Trinajstić information content (AvgIpc) is 3.19. The van der Waals surface area contributed by atoms with Crippen molar-refractivity contribution in [2.24, 2.45) is 5.92 Å². The number of pyridine rings is 1. The van der Waals surface area contributed by atoms with E-state index in [9.17, 15) is 0 Å². The van der Waals surface area contributed by atoms with Crippen LogP contribution in [0, 0.1) is 12.8 Å². The van der Waals surface area contributed by atoms with E-state index in [-0.39, 0.29) is 5.54 Å². The van der Waals surface area contributed by atoms with Crippen LogP contribution in [0.1, 0.15) is 44.7 Å². The Morgan fingerprint density at radius 1 is 1.30 bits per heavy atom. The van der Waals surface area contributed by atoms with Gasteiger partial charge in [-0.3, -0.25) is 9.88 Å². The molecule has 0 aromatic carbocycles. The van der Waals surface area contributed by atoms with Crippen molar-refractivity contribution < 1.29 is 0 Å². The lowest BCUT2D eigenvalue weighted by Crippen LogP contribution is -2.67. The van der Waals surface area contributed by atoms with E-state index in [1.807, 2.05) is 12.4 Å². The van der Waals surface area contributed by atoms with Crippen LogP contribution in [0.3, 0.4) is 0 Å². The molecule has 1 unspecified atom stereocenters. The highest BCUT2D eigenvalue weighted by Gasteiger charge is 2.47. The smallest absolute Gasteiger partial charge is 0.0313 e. The molecular formula is C17H27N3. The molecule has 3 rings (SSSR count). The fourth-order valence-electron chi connectivity index (χ4n) is 3.38. The lowest BCUT2D eigenvalue weighted by atomic mass is 9.86. The lowest BCUT2D eigenvalue weighted by molar-refractivity contribution is 0.0177. The summed E-state index contributed by atoms with van der Waals surface area (Å²) in [6.45, 7) is 12.4. The van der Waals surface area contributed by atoms with Gasteiger partial charge < -0.3 is 5.32 Å². The minimum atomic E-state index is 0.206. The third kappa shape index (κ3) is 2.75. The van der Waals surface area contributed by atoms with E-state index in [0.29, 0.717) is 5.54 Å². The van der Waals surface area contributed by atoms with Crippen molar-refractivity contribution in [3.8, 4) is 0 Å². The van der Waals surface area contributed by atoms with E-state index in [2.05, 4.69) is 49.0 Å². The van der Waals surface area contributed by atoms with Crippen LogP contribution in [0.25, 0.3) is 0 Å². The number of hydrogen-bond donors (Lipinski definition) is 1. The minimum absolute atomic E-state index is 0.206. The summed E-state index contributed by atoms with van der Waals surface area (Å²) < 4.78 is 0. The molecule has 1 N–H and O–H groups in total. The standard InChI is InChI=1S/C17H27N3/c1-13-7-14(9-18-8-13)10-20-12-17(4,15-5-6-15)19-11-16(20,2)3/h7-9,15,19H,5-6,10-12H2,1-4H3. The molecule has 20 heavy (non-hydrogen) atoms. The van der Waals surface area contributed by atoms with Crippen molar-refractivity contribution >= 4 is 0 Å². The number of aryl methyl sites for hydroxylation is 1. The maximum absolute atomic E-state index is 4.34. The second kappa shape index (κ2) is 4.81. The van der Waals surface area contributed by atoms with Gasteiger partial charge in [-0.25, -0.2) is 0 Å². The molecule has 1 saturated carbocycles. The third-order valence-corrected chi connectivity index (χ3v) is 5.08. The number of nitrogens with one attached hydrogen (secondary N) is 1. The molecule has 1 aromatic rings. The van der Waals surface area contributed by atoms with Crippen LogP contribution >= 0.6 is 0 Å².